The number of carbonyl (C=O) groups is 1. The number of nitrogens with one attached hydrogen (secondary N) is 1. The summed E-state index contributed by atoms with van der Waals surface area (Å²) in [7, 11) is 0. The zero-order valence-corrected chi connectivity index (χ0v) is 11.2. The molecule has 0 aliphatic heterocycles. The number of hydrogen-bond acceptors (Lipinski definition) is 5. The molecule has 0 unspecified atom stereocenters. The van der Waals surface area contributed by atoms with E-state index >= 15 is 0 Å². The van der Waals surface area contributed by atoms with Gasteiger partial charge >= 0.3 is 0 Å². The van der Waals surface area contributed by atoms with Gasteiger partial charge in [0.25, 0.3) is 11.6 Å². The lowest BCUT2D eigenvalue weighted by atomic mass is 10.2. The number of carbonyl (C=O) groups excluding carboxylic acids is 1. The maximum atomic E-state index is 11.9. The minimum absolute atomic E-state index is 0.145. The Kier molecular flexibility index (Phi) is 4.35. The van der Waals surface area contributed by atoms with E-state index < -0.39 is 10.8 Å². The molecule has 21 heavy (non-hydrogen) atoms. The van der Waals surface area contributed by atoms with Crippen molar-refractivity contribution in [1.29, 1.82) is 0 Å². The highest BCUT2D eigenvalue weighted by atomic mass is 16.6. The van der Waals surface area contributed by atoms with Gasteiger partial charge in [-0.2, -0.15) is 5.10 Å². The smallest absolute Gasteiger partial charge is 0.267 e. The largest absolute Gasteiger partial charge is 0.271 e. The van der Waals surface area contributed by atoms with Crippen LogP contribution in [0.15, 0.2) is 53.8 Å². The van der Waals surface area contributed by atoms with Gasteiger partial charge in [0.05, 0.1) is 16.3 Å². The molecule has 0 aliphatic carbocycles. The second kappa shape index (κ2) is 6.38. The number of aromatic nitrogens is 1. The van der Waals surface area contributed by atoms with E-state index in [2.05, 4.69) is 15.5 Å². The van der Waals surface area contributed by atoms with Gasteiger partial charge in [0, 0.05) is 23.9 Å². The van der Waals surface area contributed by atoms with E-state index in [9.17, 15) is 14.9 Å². The van der Waals surface area contributed by atoms with Crippen LogP contribution in [-0.4, -0.2) is 21.5 Å². The highest BCUT2D eigenvalue weighted by Gasteiger charge is 2.11. The van der Waals surface area contributed by atoms with Crippen molar-refractivity contribution < 1.29 is 9.72 Å². The second-order valence-electron chi connectivity index (χ2n) is 4.16. The Labute approximate surface area is 120 Å². The van der Waals surface area contributed by atoms with E-state index in [4.69, 9.17) is 0 Å². The number of nitro benzene ring substituents is 1. The van der Waals surface area contributed by atoms with Crippen LogP contribution in [0.2, 0.25) is 0 Å². The van der Waals surface area contributed by atoms with Gasteiger partial charge in [0.1, 0.15) is 0 Å². The minimum Gasteiger partial charge on any atom is -0.267 e. The average molecular weight is 284 g/mol. The standard InChI is InChI=1S/C14H12N4O3/c1-10(13-7-2-3-8-15-13)16-17-14(19)11-5-4-6-12(9-11)18(20)21/h2-9H,1H3,(H,17,19)/b16-10+. The first kappa shape index (κ1) is 14.3. The number of non-ortho nitro benzene ring substituents is 1. The molecule has 1 aromatic heterocycles. The summed E-state index contributed by atoms with van der Waals surface area (Å²) >= 11 is 0. The maximum Gasteiger partial charge on any atom is 0.271 e. The van der Waals surface area contributed by atoms with Crippen LogP contribution >= 0.6 is 0 Å². The summed E-state index contributed by atoms with van der Waals surface area (Å²) in [6.45, 7) is 1.70. The molecular formula is C14H12N4O3. The van der Waals surface area contributed by atoms with Crippen molar-refractivity contribution in [3.63, 3.8) is 0 Å². The Balaban J connectivity index is 2.12. The lowest BCUT2D eigenvalue weighted by molar-refractivity contribution is -0.384. The molecule has 7 heteroatoms. The quantitative estimate of drug-likeness (QED) is 0.528. The summed E-state index contributed by atoms with van der Waals surface area (Å²) in [5.41, 5.74) is 3.55. The molecule has 1 aromatic carbocycles. The first-order valence-electron chi connectivity index (χ1n) is 6.08. The Morgan fingerprint density at radius 1 is 1.29 bits per heavy atom. The average Bonchev–Trinajstić information content (AvgIpc) is 2.53. The highest BCUT2D eigenvalue weighted by Crippen LogP contribution is 2.12. The summed E-state index contributed by atoms with van der Waals surface area (Å²) in [6.07, 6.45) is 1.62. The number of hydrogen-bond donors (Lipinski definition) is 1. The fraction of sp³-hybridized carbons (Fsp3) is 0.0714. The Hall–Kier alpha value is -3.09. The van der Waals surface area contributed by atoms with Gasteiger partial charge < -0.3 is 0 Å². The molecule has 0 saturated heterocycles. The number of amides is 1. The molecule has 0 atom stereocenters. The highest BCUT2D eigenvalue weighted by molar-refractivity contribution is 5.99. The van der Waals surface area contributed by atoms with Crippen LogP contribution in [0.1, 0.15) is 23.0 Å². The Morgan fingerprint density at radius 2 is 2.10 bits per heavy atom. The molecule has 2 rings (SSSR count). The monoisotopic (exact) mass is 284 g/mol. The van der Waals surface area contributed by atoms with Gasteiger partial charge in [0.15, 0.2) is 0 Å². The van der Waals surface area contributed by atoms with E-state index in [0.29, 0.717) is 11.4 Å². The number of benzene rings is 1. The topological polar surface area (TPSA) is 97.5 Å². The van der Waals surface area contributed by atoms with Gasteiger partial charge in [-0.15, -0.1) is 0 Å². The second-order valence-corrected chi connectivity index (χ2v) is 4.16. The van der Waals surface area contributed by atoms with Crippen LogP contribution in [0.3, 0.4) is 0 Å². The lowest BCUT2D eigenvalue weighted by Crippen LogP contribution is -2.19. The Morgan fingerprint density at radius 3 is 2.76 bits per heavy atom. The summed E-state index contributed by atoms with van der Waals surface area (Å²) in [5.74, 6) is -0.519. The van der Waals surface area contributed by atoms with Crippen LogP contribution in [0.4, 0.5) is 5.69 Å². The molecule has 0 aliphatic rings. The number of rotatable bonds is 4. The minimum atomic E-state index is -0.556. The van der Waals surface area contributed by atoms with Crippen LogP contribution in [0.5, 0.6) is 0 Å². The molecule has 2 aromatic rings. The van der Waals surface area contributed by atoms with Crippen molar-refractivity contribution in [3.8, 4) is 0 Å². The van der Waals surface area contributed by atoms with Gasteiger partial charge in [0.2, 0.25) is 0 Å². The number of nitrogens with zero attached hydrogens (tertiary/aromatic N) is 3. The molecule has 0 bridgehead atoms. The van der Waals surface area contributed by atoms with Crippen molar-refractivity contribution in [2.75, 3.05) is 0 Å². The number of nitro groups is 1. The van der Waals surface area contributed by atoms with Gasteiger partial charge in [-0.25, -0.2) is 5.43 Å². The SMILES string of the molecule is C/C(=N\NC(=O)c1cccc([N+](=O)[O-])c1)c1ccccn1. The molecule has 1 amide bonds. The van der Waals surface area contributed by atoms with Gasteiger partial charge in [-0.05, 0) is 25.1 Å². The molecular weight excluding hydrogens is 272 g/mol. The predicted molar refractivity (Wildman–Crippen MR) is 77.0 cm³/mol. The van der Waals surface area contributed by atoms with E-state index in [1.54, 1.807) is 25.3 Å². The molecule has 0 fully saturated rings. The van der Waals surface area contributed by atoms with Crippen molar-refractivity contribution in [2.45, 2.75) is 6.92 Å². The molecule has 1 N–H and O–H groups in total. The fourth-order valence-corrected chi connectivity index (χ4v) is 1.59. The Bertz CT molecular complexity index is 698. The maximum absolute atomic E-state index is 11.9. The zero-order chi connectivity index (χ0) is 15.2. The van der Waals surface area contributed by atoms with Crippen molar-refractivity contribution in [2.24, 2.45) is 5.10 Å². The van der Waals surface area contributed by atoms with Crippen LogP contribution in [0, 0.1) is 10.1 Å². The predicted octanol–water partition coefficient (Wildman–Crippen LogP) is 2.14. The first-order valence-corrected chi connectivity index (χ1v) is 6.08. The van der Waals surface area contributed by atoms with Crippen LogP contribution in [-0.2, 0) is 0 Å². The summed E-state index contributed by atoms with van der Waals surface area (Å²) in [4.78, 5) is 26.1. The first-order chi connectivity index (χ1) is 10.1. The molecule has 106 valence electrons. The van der Waals surface area contributed by atoms with E-state index in [1.807, 2.05) is 6.07 Å². The van der Waals surface area contributed by atoms with Crippen LogP contribution in [0.25, 0.3) is 0 Å². The summed E-state index contributed by atoms with van der Waals surface area (Å²) in [5, 5.41) is 14.6. The van der Waals surface area contributed by atoms with E-state index in [-0.39, 0.29) is 11.3 Å². The number of pyridine rings is 1. The van der Waals surface area contributed by atoms with E-state index in [0.717, 1.165) is 0 Å². The summed E-state index contributed by atoms with van der Waals surface area (Å²) < 4.78 is 0. The third-order valence-electron chi connectivity index (χ3n) is 2.68. The number of hydrazone groups is 1. The fourth-order valence-electron chi connectivity index (χ4n) is 1.59. The third kappa shape index (κ3) is 3.69. The molecule has 7 nitrogen and oxygen atoms in total. The molecule has 0 spiro atoms. The van der Waals surface area contributed by atoms with Crippen molar-refractivity contribution in [1.82, 2.24) is 10.4 Å². The molecule has 0 radical (unpaired) electrons. The third-order valence-corrected chi connectivity index (χ3v) is 2.68. The molecule has 0 saturated carbocycles. The van der Waals surface area contributed by atoms with E-state index in [1.165, 1.54) is 24.3 Å². The van der Waals surface area contributed by atoms with Crippen LogP contribution < -0.4 is 5.43 Å². The normalized spacial score (nSPS) is 11.0. The van der Waals surface area contributed by atoms with Crippen molar-refractivity contribution >= 4 is 17.3 Å². The summed E-state index contributed by atoms with van der Waals surface area (Å²) in [6, 6.07) is 10.8. The zero-order valence-electron chi connectivity index (χ0n) is 11.2. The van der Waals surface area contributed by atoms with Gasteiger partial charge in [-0.1, -0.05) is 12.1 Å². The van der Waals surface area contributed by atoms with Gasteiger partial charge in [-0.3, -0.25) is 19.9 Å². The lowest BCUT2D eigenvalue weighted by Gasteiger charge is -2.02. The van der Waals surface area contributed by atoms with Crippen molar-refractivity contribution in [3.05, 3.63) is 70.0 Å². The molecule has 1 heterocycles.